The van der Waals surface area contributed by atoms with Gasteiger partial charge in [-0.1, -0.05) is 44.9 Å². The average molecular weight is 969 g/mol. The number of alkyl halides is 1. The van der Waals surface area contributed by atoms with Gasteiger partial charge in [0.15, 0.2) is 0 Å². The van der Waals surface area contributed by atoms with Crippen LogP contribution in [0.25, 0.3) is 0 Å². The van der Waals surface area contributed by atoms with E-state index in [1.165, 1.54) is 25.1 Å². The zero-order valence-electron chi connectivity index (χ0n) is 40.3. The van der Waals surface area contributed by atoms with Crippen LogP contribution in [0.2, 0.25) is 0 Å². The number of ether oxygens (including phenoxy) is 1. The Hall–Kier alpha value is -5.75. The zero-order chi connectivity index (χ0) is 50.3. The van der Waals surface area contributed by atoms with E-state index in [2.05, 4.69) is 41.3 Å². The first-order chi connectivity index (χ1) is 32.1. The minimum Gasteiger partial charge on any atom is -0.404 e. The molecule has 18 nitrogen and oxygen atoms in total. The molecule has 20 heteroatoms. The number of nitrogens with zero attached hydrogens (tertiary/aromatic N) is 3. The minimum atomic E-state index is -4.97. The number of carbonyl (C=O) groups excluding carboxylic acids is 5. The van der Waals surface area contributed by atoms with Crippen LogP contribution in [0.5, 0.6) is 5.75 Å². The first-order valence-electron chi connectivity index (χ1n) is 22.9. The number of benzene rings is 3. The fourth-order valence-corrected chi connectivity index (χ4v) is 7.02. The van der Waals surface area contributed by atoms with Gasteiger partial charge in [-0.15, -0.1) is 0 Å². The molecule has 0 heterocycles. The van der Waals surface area contributed by atoms with Gasteiger partial charge in [-0.2, -0.15) is 10.2 Å². The van der Waals surface area contributed by atoms with Gasteiger partial charge >= 0.3 is 7.82 Å². The molecule has 0 saturated carbocycles. The lowest BCUT2D eigenvalue weighted by Crippen LogP contribution is -2.50. The maximum atomic E-state index is 14.9. The molecule has 3 aromatic carbocycles. The molecule has 0 bridgehead atoms. The second kappa shape index (κ2) is 27.9. The Bertz CT molecular complexity index is 2170. The van der Waals surface area contributed by atoms with Gasteiger partial charge in [0.25, 0.3) is 11.8 Å². The van der Waals surface area contributed by atoms with E-state index >= 15 is 0 Å². The van der Waals surface area contributed by atoms with Crippen molar-refractivity contribution in [2.24, 2.45) is 15.6 Å². The smallest absolute Gasteiger partial charge is 0.404 e. The van der Waals surface area contributed by atoms with Crippen LogP contribution < -0.4 is 36.0 Å². The van der Waals surface area contributed by atoms with E-state index in [0.717, 1.165) is 11.8 Å². The SMILES string of the molecule is CC(=O)NCCC(C)(C)OCCC(C)(C)C(=O)NC(CCCCNC(=O)c1ccc(/N=N/c2ccc(N(C)C)cc2)cc1)C(=O)NCCCCCCNC(=O)C(F)c1ccccc1OP(=O)(O)O. The number of para-hydroxylation sites is 1. The Morgan fingerprint density at radius 1 is 0.721 bits per heavy atom. The summed E-state index contributed by atoms with van der Waals surface area (Å²) in [6, 6.07) is 18.8. The molecule has 0 saturated heterocycles. The number of rotatable bonds is 30. The molecule has 0 fully saturated rings. The summed E-state index contributed by atoms with van der Waals surface area (Å²) in [4.78, 5) is 84.1. The van der Waals surface area contributed by atoms with Crippen LogP contribution in [0.1, 0.15) is 114 Å². The standard InChI is InChI=1S/C48H70FN8O10P/c1-34(58)50-32-27-48(4,5)66-33-28-47(2,3)46(62)54-40(17-12-15-31-51-43(59)35-19-21-36(22-20-35)55-56-37-23-25-38(26-24-37)57(6)7)44(60)52-29-13-8-9-14-30-53-45(61)42(49)39-16-10-11-18-41(39)67-68(63,64)65/h10-11,16,18-26,40,42H,8-9,12-15,17,27-33H2,1-7H3,(H,50,58)(H,51,59)(H,52,60)(H,53,61)(H,54,62)(H2,63,64,65)/b56-55+. The molecular weight excluding hydrogens is 899 g/mol. The Kier molecular flexibility index (Phi) is 23.2. The molecule has 0 aliphatic rings. The molecule has 0 aliphatic heterocycles. The number of carbonyl (C=O) groups is 5. The molecule has 5 amide bonds. The lowest BCUT2D eigenvalue weighted by atomic mass is 9.88. The maximum Gasteiger partial charge on any atom is 0.524 e. The zero-order valence-corrected chi connectivity index (χ0v) is 41.2. The van der Waals surface area contributed by atoms with E-state index in [0.29, 0.717) is 94.4 Å². The number of anilines is 1. The summed E-state index contributed by atoms with van der Waals surface area (Å²) in [5, 5.41) is 22.6. The number of phosphoric ester groups is 1. The van der Waals surface area contributed by atoms with Crippen LogP contribution in [0.15, 0.2) is 83.0 Å². The van der Waals surface area contributed by atoms with Crippen molar-refractivity contribution in [3.8, 4) is 5.75 Å². The van der Waals surface area contributed by atoms with Gasteiger partial charge < -0.3 is 40.7 Å². The second-order valence-corrected chi connectivity index (χ2v) is 19.1. The highest BCUT2D eigenvalue weighted by Crippen LogP contribution is 2.41. The van der Waals surface area contributed by atoms with Crippen molar-refractivity contribution in [2.75, 3.05) is 51.8 Å². The lowest BCUT2D eigenvalue weighted by Gasteiger charge is -2.30. The average Bonchev–Trinajstić information content (AvgIpc) is 3.27. The van der Waals surface area contributed by atoms with Crippen LogP contribution in [-0.2, 0) is 28.5 Å². The molecule has 0 aliphatic carbocycles. The Balaban J connectivity index is 1.49. The monoisotopic (exact) mass is 968 g/mol. The predicted molar refractivity (Wildman–Crippen MR) is 259 cm³/mol. The first-order valence-corrected chi connectivity index (χ1v) is 24.4. The van der Waals surface area contributed by atoms with E-state index < -0.39 is 42.7 Å². The molecule has 7 N–H and O–H groups in total. The van der Waals surface area contributed by atoms with Crippen molar-refractivity contribution < 1.29 is 52.0 Å². The number of hydrogen-bond acceptors (Lipinski definition) is 11. The summed E-state index contributed by atoms with van der Waals surface area (Å²) < 4.78 is 36.8. The summed E-state index contributed by atoms with van der Waals surface area (Å²) in [7, 11) is -1.05. The van der Waals surface area contributed by atoms with E-state index in [1.54, 1.807) is 38.1 Å². The predicted octanol–water partition coefficient (Wildman–Crippen LogP) is 7.27. The highest BCUT2D eigenvalue weighted by molar-refractivity contribution is 7.46. The van der Waals surface area contributed by atoms with Crippen molar-refractivity contribution in [3.05, 3.63) is 83.9 Å². The Labute approximate surface area is 399 Å². The number of azo groups is 1. The van der Waals surface area contributed by atoms with E-state index in [4.69, 9.17) is 14.5 Å². The quantitative estimate of drug-likeness (QED) is 0.0199. The van der Waals surface area contributed by atoms with Crippen LogP contribution in [0.3, 0.4) is 0 Å². The molecular formula is C48H70FN8O10P. The van der Waals surface area contributed by atoms with Gasteiger partial charge in [0.2, 0.25) is 23.9 Å². The third-order valence-electron chi connectivity index (χ3n) is 10.9. The van der Waals surface area contributed by atoms with E-state index in [-0.39, 0.29) is 42.3 Å². The van der Waals surface area contributed by atoms with Crippen molar-refractivity contribution >= 4 is 54.4 Å². The number of nitrogens with one attached hydrogen (secondary N) is 5. The molecule has 0 aromatic heterocycles. The number of hydrogen-bond donors (Lipinski definition) is 7. The van der Waals surface area contributed by atoms with Crippen LogP contribution in [0, 0.1) is 5.41 Å². The molecule has 0 spiro atoms. The molecule has 374 valence electrons. The second-order valence-electron chi connectivity index (χ2n) is 17.9. The van der Waals surface area contributed by atoms with Crippen molar-refractivity contribution in [1.29, 1.82) is 0 Å². The summed E-state index contributed by atoms with van der Waals surface area (Å²) >= 11 is 0. The number of amides is 5. The summed E-state index contributed by atoms with van der Waals surface area (Å²) in [6.07, 6.45) is 2.58. The van der Waals surface area contributed by atoms with Crippen LogP contribution in [-0.4, -0.2) is 97.8 Å². The molecule has 3 rings (SSSR count). The first kappa shape index (κ1) is 56.6. The topological polar surface area (TPSA) is 249 Å². The lowest BCUT2D eigenvalue weighted by molar-refractivity contribution is -0.135. The molecule has 3 aromatic rings. The van der Waals surface area contributed by atoms with Gasteiger partial charge in [0, 0.05) is 76.0 Å². The van der Waals surface area contributed by atoms with E-state index in [1.807, 2.05) is 57.1 Å². The number of phosphoric acid groups is 1. The van der Waals surface area contributed by atoms with Gasteiger partial charge in [-0.05, 0) is 113 Å². The maximum absolute atomic E-state index is 14.9. The molecule has 2 atom stereocenters. The van der Waals surface area contributed by atoms with Crippen molar-refractivity contribution in [1.82, 2.24) is 26.6 Å². The Morgan fingerprint density at radius 3 is 1.87 bits per heavy atom. The van der Waals surface area contributed by atoms with Gasteiger partial charge in [-0.25, -0.2) is 8.96 Å². The van der Waals surface area contributed by atoms with E-state index in [9.17, 15) is 32.9 Å². The largest absolute Gasteiger partial charge is 0.524 e. The summed E-state index contributed by atoms with van der Waals surface area (Å²) in [6.45, 7) is 10.4. The fourth-order valence-electron chi connectivity index (χ4n) is 6.60. The van der Waals surface area contributed by atoms with Crippen molar-refractivity contribution in [3.63, 3.8) is 0 Å². The van der Waals surface area contributed by atoms with Gasteiger partial charge in [0.05, 0.1) is 17.0 Å². The molecule has 0 radical (unpaired) electrons. The number of unbranched alkanes of at least 4 members (excludes halogenated alkanes) is 4. The third-order valence-corrected chi connectivity index (χ3v) is 11.3. The molecule has 2 unspecified atom stereocenters. The minimum absolute atomic E-state index is 0.124. The molecule has 68 heavy (non-hydrogen) atoms. The highest BCUT2D eigenvalue weighted by Gasteiger charge is 2.32. The highest BCUT2D eigenvalue weighted by atomic mass is 31.2. The summed E-state index contributed by atoms with van der Waals surface area (Å²) in [5.74, 6) is -2.44. The third kappa shape index (κ3) is 21.5. The van der Waals surface area contributed by atoms with Gasteiger partial charge in [-0.3, -0.25) is 33.8 Å². The fraction of sp³-hybridized carbons (Fsp3) is 0.521. The Morgan fingerprint density at radius 2 is 1.28 bits per heavy atom. The number of halogens is 1. The van der Waals surface area contributed by atoms with Crippen LogP contribution >= 0.6 is 7.82 Å². The van der Waals surface area contributed by atoms with Gasteiger partial charge in [0.1, 0.15) is 11.8 Å². The van der Waals surface area contributed by atoms with Crippen molar-refractivity contribution in [2.45, 2.75) is 110 Å². The van der Waals surface area contributed by atoms with Crippen LogP contribution in [0.4, 0.5) is 21.5 Å². The normalized spacial score (nSPS) is 12.7. The summed E-state index contributed by atoms with van der Waals surface area (Å²) in [5.41, 5.74) is 1.08.